The van der Waals surface area contributed by atoms with E-state index in [2.05, 4.69) is 42.7 Å². The molecule has 0 radical (unpaired) electrons. The fraction of sp³-hybridized carbons (Fsp3) is 0.891. The van der Waals surface area contributed by atoms with E-state index in [1.54, 1.807) is 0 Å². The molecule has 2 unspecified atom stereocenters. The number of hydrogen-bond acceptors (Lipinski definition) is 7. The number of phosphoric ester groups is 1. The molecule has 64 heavy (non-hydrogen) atoms. The van der Waals surface area contributed by atoms with Gasteiger partial charge in [0, 0.05) is 20.0 Å². The van der Waals surface area contributed by atoms with E-state index in [1.165, 1.54) is 218 Å². The summed E-state index contributed by atoms with van der Waals surface area (Å²) in [5.41, 5.74) is 0. The molecule has 0 aliphatic heterocycles. The summed E-state index contributed by atoms with van der Waals surface area (Å²) < 4.78 is 32.2. The lowest BCUT2D eigenvalue weighted by molar-refractivity contribution is -0.161. The van der Waals surface area contributed by atoms with E-state index in [4.69, 9.17) is 14.0 Å². The lowest BCUT2D eigenvalue weighted by Gasteiger charge is -2.19. The second kappa shape index (κ2) is 50.9. The molecule has 0 spiro atoms. The lowest BCUT2D eigenvalue weighted by Crippen LogP contribution is -2.29. The molecule has 8 nitrogen and oxygen atoms in total. The zero-order valence-electron chi connectivity index (χ0n) is 42.5. The molecule has 9 heteroatoms. The Kier molecular flexibility index (Phi) is 49.8. The predicted molar refractivity (Wildman–Crippen MR) is 272 cm³/mol. The van der Waals surface area contributed by atoms with Crippen molar-refractivity contribution in [1.82, 2.24) is 0 Å². The number of carbonyl (C=O) groups is 2. The van der Waals surface area contributed by atoms with Gasteiger partial charge in [-0.2, -0.15) is 0 Å². The van der Waals surface area contributed by atoms with Crippen molar-refractivity contribution in [2.45, 2.75) is 296 Å². The molecule has 0 amide bonds. The Balaban J connectivity index is 3.83. The van der Waals surface area contributed by atoms with Crippen LogP contribution >= 0.6 is 7.82 Å². The van der Waals surface area contributed by atoms with Gasteiger partial charge in [0.25, 0.3) is 0 Å². The van der Waals surface area contributed by atoms with Crippen molar-refractivity contribution in [2.24, 2.45) is 0 Å². The maximum atomic E-state index is 12.6. The highest BCUT2D eigenvalue weighted by Crippen LogP contribution is 2.42. The third-order valence-corrected chi connectivity index (χ3v) is 13.4. The molecule has 0 aromatic carbocycles. The van der Waals surface area contributed by atoms with Crippen LogP contribution < -0.4 is 0 Å². The molecule has 0 heterocycles. The van der Waals surface area contributed by atoms with Crippen LogP contribution in [-0.2, 0) is 32.7 Å². The van der Waals surface area contributed by atoms with Gasteiger partial charge in [-0.25, -0.2) is 4.57 Å². The molecule has 0 aliphatic carbocycles. The summed E-state index contributed by atoms with van der Waals surface area (Å²) in [5, 5.41) is 0. The van der Waals surface area contributed by atoms with E-state index >= 15 is 0 Å². The van der Waals surface area contributed by atoms with Gasteiger partial charge >= 0.3 is 19.8 Å². The van der Waals surface area contributed by atoms with Crippen LogP contribution in [0.5, 0.6) is 0 Å². The van der Waals surface area contributed by atoms with Crippen molar-refractivity contribution in [3.63, 3.8) is 0 Å². The minimum Gasteiger partial charge on any atom is -0.462 e. The molecule has 2 atom stereocenters. The minimum atomic E-state index is -4.27. The van der Waals surface area contributed by atoms with Gasteiger partial charge in [-0.3, -0.25) is 18.6 Å². The summed E-state index contributed by atoms with van der Waals surface area (Å²) in [4.78, 5) is 34.7. The Bertz CT molecular complexity index is 1090. The molecule has 0 saturated heterocycles. The molecule has 378 valence electrons. The Hall–Kier alpha value is -1.47. The van der Waals surface area contributed by atoms with E-state index in [1.807, 2.05) is 0 Å². The average Bonchev–Trinajstić information content (AvgIpc) is 3.29. The van der Waals surface area contributed by atoms with Crippen LogP contribution in [0.4, 0.5) is 0 Å². The number of hydrogen-bond donors (Lipinski definition) is 1. The first-order chi connectivity index (χ1) is 31.3. The number of esters is 2. The predicted octanol–water partition coefficient (Wildman–Crippen LogP) is 18.1. The molecule has 0 aliphatic rings. The SMILES string of the molecule is CCCCCCC/C=C\C/C=C\CCCCCCCCCCCCCC(=O)OC(COC(=O)CCCCCCCCCCCCCCCCCCCCCCCC)COP(=O)(O)OC. The zero-order chi connectivity index (χ0) is 46.7. The largest absolute Gasteiger partial charge is 0.472 e. The van der Waals surface area contributed by atoms with E-state index in [9.17, 15) is 19.0 Å². The van der Waals surface area contributed by atoms with Crippen molar-refractivity contribution in [2.75, 3.05) is 20.3 Å². The fourth-order valence-corrected chi connectivity index (χ4v) is 8.68. The Labute approximate surface area is 396 Å². The maximum Gasteiger partial charge on any atom is 0.472 e. The summed E-state index contributed by atoms with van der Waals surface area (Å²) >= 11 is 0. The van der Waals surface area contributed by atoms with Crippen molar-refractivity contribution in [1.29, 1.82) is 0 Å². The third-order valence-electron chi connectivity index (χ3n) is 12.4. The molecular weight excluding hydrogens is 820 g/mol. The summed E-state index contributed by atoms with van der Waals surface area (Å²) in [6.45, 7) is 3.93. The van der Waals surface area contributed by atoms with Crippen LogP contribution in [0.1, 0.15) is 290 Å². The van der Waals surface area contributed by atoms with Gasteiger partial charge in [0.05, 0.1) is 6.61 Å². The molecule has 0 aromatic heterocycles. The maximum absolute atomic E-state index is 12.6. The molecule has 0 saturated carbocycles. The summed E-state index contributed by atoms with van der Waals surface area (Å²) in [6.07, 6.45) is 61.1. The first kappa shape index (κ1) is 62.5. The molecule has 0 fully saturated rings. The van der Waals surface area contributed by atoms with Crippen molar-refractivity contribution >= 4 is 19.8 Å². The number of ether oxygens (including phenoxy) is 2. The van der Waals surface area contributed by atoms with Crippen molar-refractivity contribution in [3.8, 4) is 0 Å². The Morgan fingerprint density at radius 1 is 0.438 bits per heavy atom. The van der Waals surface area contributed by atoms with Crippen LogP contribution in [0.15, 0.2) is 24.3 Å². The zero-order valence-corrected chi connectivity index (χ0v) is 43.4. The highest BCUT2D eigenvalue weighted by Gasteiger charge is 2.24. The topological polar surface area (TPSA) is 108 Å². The molecule has 0 bridgehead atoms. The standard InChI is InChI=1S/C55H105O8P/c1-4-6-8-10-12-14-16-18-20-22-24-26-28-30-32-34-36-38-40-42-44-46-48-50-55(57)63-53(52-62-64(58,59)60-3)51-61-54(56)49-47-45-43-41-39-37-35-33-31-29-27-25-23-21-19-17-15-13-11-9-7-5-2/h16,18,22,24,53H,4-15,17,19-21,23,25-52H2,1-3H3,(H,58,59)/b18-16-,24-22-. The lowest BCUT2D eigenvalue weighted by atomic mass is 10.0. The van der Waals surface area contributed by atoms with Crippen LogP contribution in [0.3, 0.4) is 0 Å². The van der Waals surface area contributed by atoms with Crippen molar-refractivity contribution < 1.29 is 37.6 Å². The minimum absolute atomic E-state index is 0.220. The first-order valence-corrected chi connectivity index (χ1v) is 29.0. The quantitative estimate of drug-likeness (QED) is 0.0278. The van der Waals surface area contributed by atoms with Gasteiger partial charge in [-0.15, -0.1) is 0 Å². The van der Waals surface area contributed by atoms with Gasteiger partial charge in [-0.1, -0.05) is 256 Å². The Morgan fingerprint density at radius 2 is 0.750 bits per heavy atom. The first-order valence-electron chi connectivity index (χ1n) is 27.5. The third kappa shape index (κ3) is 50.0. The fourth-order valence-electron chi connectivity index (χ4n) is 8.22. The van der Waals surface area contributed by atoms with E-state index < -0.39 is 26.5 Å². The second-order valence-electron chi connectivity index (χ2n) is 18.7. The Morgan fingerprint density at radius 3 is 1.09 bits per heavy atom. The van der Waals surface area contributed by atoms with Crippen LogP contribution in [-0.4, -0.2) is 43.3 Å². The molecule has 0 aromatic rings. The van der Waals surface area contributed by atoms with Gasteiger partial charge in [-0.05, 0) is 44.9 Å². The highest BCUT2D eigenvalue weighted by atomic mass is 31.2. The van der Waals surface area contributed by atoms with Gasteiger partial charge < -0.3 is 14.4 Å². The number of allylic oxidation sites excluding steroid dienone is 4. The summed E-state index contributed by atoms with van der Waals surface area (Å²) in [5.74, 6) is -0.788. The number of rotatable bonds is 52. The number of carbonyl (C=O) groups excluding carboxylic acids is 2. The highest BCUT2D eigenvalue weighted by molar-refractivity contribution is 7.47. The van der Waals surface area contributed by atoms with Crippen LogP contribution in [0, 0.1) is 0 Å². The van der Waals surface area contributed by atoms with Gasteiger partial charge in [0.1, 0.15) is 6.61 Å². The average molecular weight is 925 g/mol. The monoisotopic (exact) mass is 925 g/mol. The van der Waals surface area contributed by atoms with Crippen LogP contribution in [0.2, 0.25) is 0 Å². The van der Waals surface area contributed by atoms with E-state index in [0.29, 0.717) is 12.8 Å². The molecular formula is C55H105O8P. The normalized spacial score (nSPS) is 13.2. The van der Waals surface area contributed by atoms with Gasteiger partial charge in [0.15, 0.2) is 6.10 Å². The smallest absolute Gasteiger partial charge is 0.462 e. The number of unbranched alkanes of at least 4 members (excludes halogenated alkanes) is 37. The van der Waals surface area contributed by atoms with Crippen molar-refractivity contribution in [3.05, 3.63) is 24.3 Å². The summed E-state index contributed by atoms with van der Waals surface area (Å²) in [7, 11) is -3.20. The van der Waals surface area contributed by atoms with Gasteiger partial charge in [0.2, 0.25) is 0 Å². The molecule has 1 N–H and O–H groups in total. The van der Waals surface area contributed by atoms with E-state index in [-0.39, 0.29) is 19.0 Å². The van der Waals surface area contributed by atoms with Crippen LogP contribution in [0.25, 0.3) is 0 Å². The molecule has 0 rings (SSSR count). The summed E-state index contributed by atoms with van der Waals surface area (Å²) in [6, 6.07) is 0. The number of phosphoric acid groups is 1. The second-order valence-corrected chi connectivity index (χ2v) is 20.3. The van der Waals surface area contributed by atoms with E-state index in [0.717, 1.165) is 45.6 Å².